The summed E-state index contributed by atoms with van der Waals surface area (Å²) in [6.07, 6.45) is 0. The van der Waals surface area contributed by atoms with Crippen LogP contribution in [0.4, 0.5) is 0 Å². The first kappa shape index (κ1) is 25.0. The molecule has 0 bridgehead atoms. The van der Waals surface area contributed by atoms with Gasteiger partial charge in [-0.25, -0.2) is 0 Å². The molecule has 1 aliphatic heterocycles. The van der Waals surface area contributed by atoms with Gasteiger partial charge < -0.3 is 24.7 Å². The van der Waals surface area contributed by atoms with Gasteiger partial charge in [0, 0.05) is 18.7 Å². The summed E-state index contributed by atoms with van der Waals surface area (Å²) in [5.41, 5.74) is 2.91. The molecule has 0 radical (unpaired) electrons. The fourth-order valence-corrected chi connectivity index (χ4v) is 4.27. The molecule has 1 amide bonds. The minimum atomic E-state index is -0.764. The lowest BCUT2D eigenvalue weighted by Crippen LogP contribution is -2.35. The molecule has 1 heterocycles. The number of likely N-dealkylation sites (N-methyl/N-ethyl adjacent to an activating group) is 1. The molecule has 186 valence electrons. The molecule has 2 N–H and O–H groups in total. The Morgan fingerprint density at radius 1 is 1.00 bits per heavy atom. The topological polar surface area (TPSA) is 90.3 Å². The van der Waals surface area contributed by atoms with Crippen LogP contribution in [-0.2, 0) is 16.2 Å². The van der Waals surface area contributed by atoms with Crippen LogP contribution in [0.3, 0.4) is 0 Å². The molecular formula is C29H30N2O5. The van der Waals surface area contributed by atoms with E-state index in [2.05, 4.69) is 0 Å². The Hall–Kier alpha value is -4.10. The summed E-state index contributed by atoms with van der Waals surface area (Å²) in [5, 5.41) is 21.0. The second kappa shape index (κ2) is 10.7. The minimum absolute atomic E-state index is 0.0294. The van der Waals surface area contributed by atoms with E-state index in [0.717, 1.165) is 11.1 Å². The van der Waals surface area contributed by atoms with Gasteiger partial charge in [0.25, 0.3) is 11.7 Å². The number of amides is 1. The van der Waals surface area contributed by atoms with Gasteiger partial charge in [0.1, 0.15) is 23.9 Å². The van der Waals surface area contributed by atoms with Gasteiger partial charge in [0.15, 0.2) is 0 Å². The van der Waals surface area contributed by atoms with E-state index in [1.54, 1.807) is 30.3 Å². The Morgan fingerprint density at radius 3 is 2.33 bits per heavy atom. The fraction of sp³-hybridized carbons (Fsp3) is 0.241. The number of Topliss-reactive ketones (excluding diaryl/α,β-unsaturated/α-hetero) is 1. The molecule has 1 aliphatic rings. The van der Waals surface area contributed by atoms with E-state index < -0.39 is 17.7 Å². The van der Waals surface area contributed by atoms with E-state index in [-0.39, 0.29) is 17.1 Å². The number of rotatable bonds is 8. The van der Waals surface area contributed by atoms with Crippen LogP contribution >= 0.6 is 0 Å². The van der Waals surface area contributed by atoms with Crippen molar-refractivity contribution in [2.45, 2.75) is 19.6 Å². The summed E-state index contributed by atoms with van der Waals surface area (Å²) in [5.74, 6) is -0.887. The van der Waals surface area contributed by atoms with Crippen LogP contribution in [0.25, 0.3) is 5.76 Å². The normalized spacial score (nSPS) is 17.1. The molecule has 1 saturated heterocycles. The number of benzene rings is 3. The lowest BCUT2D eigenvalue weighted by Gasteiger charge is -2.26. The molecule has 7 nitrogen and oxygen atoms in total. The Labute approximate surface area is 210 Å². The van der Waals surface area contributed by atoms with Crippen molar-refractivity contribution in [1.82, 2.24) is 9.80 Å². The van der Waals surface area contributed by atoms with Gasteiger partial charge in [0.2, 0.25) is 0 Å². The minimum Gasteiger partial charge on any atom is -0.508 e. The zero-order valence-electron chi connectivity index (χ0n) is 20.6. The molecule has 0 aromatic heterocycles. The number of aliphatic hydroxyl groups excluding tert-OH is 1. The largest absolute Gasteiger partial charge is 0.508 e. The van der Waals surface area contributed by atoms with Crippen molar-refractivity contribution < 1.29 is 24.5 Å². The number of aromatic hydroxyl groups is 1. The number of ketones is 1. The molecular weight excluding hydrogens is 456 g/mol. The maximum Gasteiger partial charge on any atom is 0.295 e. The summed E-state index contributed by atoms with van der Waals surface area (Å²) in [6, 6.07) is 20.6. The van der Waals surface area contributed by atoms with Crippen molar-refractivity contribution in [3.8, 4) is 11.5 Å². The molecule has 3 aromatic carbocycles. The van der Waals surface area contributed by atoms with Crippen molar-refractivity contribution in [3.63, 3.8) is 0 Å². The van der Waals surface area contributed by atoms with Crippen molar-refractivity contribution in [2.75, 3.05) is 27.2 Å². The number of aryl methyl sites for hydroxylation is 1. The Morgan fingerprint density at radius 2 is 1.69 bits per heavy atom. The van der Waals surface area contributed by atoms with Gasteiger partial charge in [-0.05, 0) is 68.0 Å². The average molecular weight is 487 g/mol. The summed E-state index contributed by atoms with van der Waals surface area (Å²) in [7, 11) is 3.77. The number of ether oxygens (including phenoxy) is 1. The Bertz CT molecular complexity index is 1280. The second-order valence-corrected chi connectivity index (χ2v) is 9.14. The third kappa shape index (κ3) is 5.26. The highest BCUT2D eigenvalue weighted by Crippen LogP contribution is 2.40. The second-order valence-electron chi connectivity index (χ2n) is 9.14. The number of phenolic OH excluding ortho intramolecular Hbond substituents is 1. The van der Waals surface area contributed by atoms with Crippen LogP contribution in [0.1, 0.15) is 28.3 Å². The van der Waals surface area contributed by atoms with Gasteiger partial charge in [-0.15, -0.1) is 0 Å². The van der Waals surface area contributed by atoms with Gasteiger partial charge in [-0.1, -0.05) is 42.5 Å². The smallest absolute Gasteiger partial charge is 0.295 e. The fourth-order valence-electron chi connectivity index (χ4n) is 4.27. The van der Waals surface area contributed by atoms with Crippen LogP contribution in [-0.4, -0.2) is 58.9 Å². The zero-order valence-corrected chi connectivity index (χ0v) is 20.6. The predicted molar refractivity (Wildman–Crippen MR) is 138 cm³/mol. The molecule has 1 fully saturated rings. The molecule has 1 atom stereocenters. The van der Waals surface area contributed by atoms with Crippen LogP contribution in [0.5, 0.6) is 11.5 Å². The molecule has 0 spiro atoms. The van der Waals surface area contributed by atoms with Crippen molar-refractivity contribution in [3.05, 3.63) is 101 Å². The predicted octanol–water partition coefficient (Wildman–Crippen LogP) is 4.26. The number of likely N-dealkylation sites (tertiary alicyclic amines) is 1. The number of nitrogens with zero attached hydrogens (tertiary/aromatic N) is 2. The molecule has 7 heteroatoms. The zero-order chi connectivity index (χ0) is 25.8. The standard InChI is InChI=1S/C29H30N2O5/c1-19-17-22(11-14-24(19)36-18-20-7-5-4-6-8-20)27(33)25-26(21-9-12-23(32)13-10-21)31(16-15-30(2)3)29(35)28(25)34/h4-14,17,26,32-33H,15-16,18H2,1-3H3. The molecule has 4 rings (SSSR count). The summed E-state index contributed by atoms with van der Waals surface area (Å²) >= 11 is 0. The first-order valence-corrected chi connectivity index (χ1v) is 11.8. The quantitative estimate of drug-likeness (QED) is 0.281. The lowest BCUT2D eigenvalue weighted by atomic mass is 9.94. The van der Waals surface area contributed by atoms with E-state index in [0.29, 0.717) is 36.6 Å². The van der Waals surface area contributed by atoms with Gasteiger partial charge in [-0.3, -0.25) is 9.59 Å². The van der Waals surface area contributed by atoms with E-state index in [1.807, 2.05) is 56.3 Å². The monoisotopic (exact) mass is 486 g/mol. The summed E-state index contributed by atoms with van der Waals surface area (Å²) in [6.45, 7) is 3.13. The first-order valence-electron chi connectivity index (χ1n) is 11.8. The van der Waals surface area contributed by atoms with Crippen LogP contribution in [0.15, 0.2) is 78.4 Å². The van der Waals surface area contributed by atoms with Crippen molar-refractivity contribution in [2.24, 2.45) is 0 Å². The number of hydrogen-bond donors (Lipinski definition) is 2. The van der Waals surface area contributed by atoms with Gasteiger partial charge in [-0.2, -0.15) is 0 Å². The van der Waals surface area contributed by atoms with E-state index >= 15 is 0 Å². The average Bonchev–Trinajstić information content (AvgIpc) is 3.12. The number of carbonyl (C=O) groups is 2. The van der Waals surface area contributed by atoms with E-state index in [9.17, 15) is 19.8 Å². The van der Waals surface area contributed by atoms with Gasteiger partial charge >= 0.3 is 0 Å². The summed E-state index contributed by atoms with van der Waals surface area (Å²) < 4.78 is 5.94. The Balaban J connectivity index is 1.69. The third-order valence-corrected chi connectivity index (χ3v) is 6.22. The molecule has 0 saturated carbocycles. The van der Waals surface area contributed by atoms with E-state index in [1.165, 1.54) is 17.0 Å². The van der Waals surface area contributed by atoms with E-state index in [4.69, 9.17) is 4.74 Å². The number of phenols is 1. The molecule has 0 aliphatic carbocycles. The first-order chi connectivity index (χ1) is 17.3. The number of hydrogen-bond acceptors (Lipinski definition) is 6. The third-order valence-electron chi connectivity index (χ3n) is 6.22. The van der Waals surface area contributed by atoms with Crippen LogP contribution in [0.2, 0.25) is 0 Å². The maximum atomic E-state index is 13.1. The van der Waals surface area contributed by atoms with Crippen LogP contribution < -0.4 is 4.74 Å². The highest BCUT2D eigenvalue weighted by Gasteiger charge is 2.45. The highest BCUT2D eigenvalue weighted by molar-refractivity contribution is 6.46. The van der Waals surface area contributed by atoms with Crippen molar-refractivity contribution in [1.29, 1.82) is 0 Å². The number of carbonyl (C=O) groups excluding carboxylic acids is 2. The highest BCUT2D eigenvalue weighted by atomic mass is 16.5. The van der Waals surface area contributed by atoms with Crippen molar-refractivity contribution >= 4 is 17.4 Å². The van der Waals surface area contributed by atoms with Gasteiger partial charge in [0.05, 0.1) is 11.6 Å². The molecule has 36 heavy (non-hydrogen) atoms. The lowest BCUT2D eigenvalue weighted by molar-refractivity contribution is -0.140. The SMILES string of the molecule is Cc1cc(C(O)=C2C(=O)C(=O)N(CCN(C)C)C2c2ccc(O)cc2)ccc1OCc1ccccc1. The van der Waals surface area contributed by atoms with Crippen LogP contribution in [0, 0.1) is 6.92 Å². The molecule has 3 aromatic rings. The number of aliphatic hydroxyl groups is 1. The maximum absolute atomic E-state index is 13.1. The molecule has 1 unspecified atom stereocenters. The Kier molecular flexibility index (Phi) is 7.41. The summed E-state index contributed by atoms with van der Waals surface area (Å²) in [4.78, 5) is 29.5.